The fraction of sp³-hybridized carbons (Fsp3) is 0.750. The van der Waals surface area contributed by atoms with Crippen LogP contribution in [0, 0.1) is 13.8 Å². The number of aryl methyl sites for hydroxylation is 2. The maximum Gasteiger partial charge on any atom is 0.191 e. The molecular formula is C16H29IN4O. The molecule has 5 nitrogen and oxygen atoms in total. The Balaban J connectivity index is 0.00000242. The number of hydrogen-bond acceptors (Lipinski definition) is 3. The van der Waals surface area contributed by atoms with Crippen molar-refractivity contribution in [1.82, 2.24) is 15.8 Å². The van der Waals surface area contributed by atoms with Gasteiger partial charge >= 0.3 is 0 Å². The molecule has 0 spiro atoms. The zero-order valence-electron chi connectivity index (χ0n) is 14.1. The van der Waals surface area contributed by atoms with E-state index >= 15 is 0 Å². The molecule has 0 bridgehead atoms. The Kier molecular flexibility index (Phi) is 8.20. The van der Waals surface area contributed by atoms with E-state index in [0.717, 1.165) is 30.5 Å². The maximum atomic E-state index is 5.25. The summed E-state index contributed by atoms with van der Waals surface area (Å²) >= 11 is 0. The summed E-state index contributed by atoms with van der Waals surface area (Å²) in [6, 6.07) is 0.581. The van der Waals surface area contributed by atoms with E-state index in [1.165, 1.54) is 31.2 Å². The van der Waals surface area contributed by atoms with E-state index in [0.29, 0.717) is 12.0 Å². The molecule has 0 aromatic carbocycles. The topological polar surface area (TPSA) is 62.5 Å². The molecular weight excluding hydrogens is 391 g/mol. The fourth-order valence-corrected chi connectivity index (χ4v) is 3.10. The second-order valence-electron chi connectivity index (χ2n) is 5.98. The SMILES string of the molecule is CCNC(=NCC(C)c1c(C)noc1C)NC1CCCC1.I. The van der Waals surface area contributed by atoms with Crippen LogP contribution in [0.5, 0.6) is 0 Å². The smallest absolute Gasteiger partial charge is 0.191 e. The van der Waals surface area contributed by atoms with Gasteiger partial charge in [-0.3, -0.25) is 4.99 Å². The Hall–Kier alpha value is -0.790. The predicted molar refractivity (Wildman–Crippen MR) is 101 cm³/mol. The highest BCUT2D eigenvalue weighted by atomic mass is 127. The van der Waals surface area contributed by atoms with Gasteiger partial charge < -0.3 is 15.2 Å². The summed E-state index contributed by atoms with van der Waals surface area (Å²) in [5.41, 5.74) is 2.17. The second-order valence-corrected chi connectivity index (χ2v) is 5.98. The van der Waals surface area contributed by atoms with Gasteiger partial charge in [0.1, 0.15) is 5.76 Å². The van der Waals surface area contributed by atoms with Crippen molar-refractivity contribution >= 4 is 29.9 Å². The molecule has 1 atom stereocenters. The summed E-state index contributed by atoms with van der Waals surface area (Å²) in [5.74, 6) is 2.15. The van der Waals surface area contributed by atoms with Gasteiger partial charge in [0.05, 0.1) is 5.69 Å². The Bertz CT molecular complexity index is 461. The molecule has 2 rings (SSSR count). The van der Waals surface area contributed by atoms with Gasteiger partial charge in [0.2, 0.25) is 0 Å². The number of nitrogens with one attached hydrogen (secondary N) is 2. The van der Waals surface area contributed by atoms with Gasteiger partial charge in [-0.05, 0) is 33.6 Å². The van der Waals surface area contributed by atoms with E-state index in [1.54, 1.807) is 0 Å². The van der Waals surface area contributed by atoms with E-state index in [4.69, 9.17) is 9.52 Å². The minimum absolute atomic E-state index is 0. The number of aromatic nitrogens is 1. The molecule has 1 unspecified atom stereocenters. The van der Waals surface area contributed by atoms with Crippen molar-refractivity contribution in [3.05, 3.63) is 17.0 Å². The Morgan fingerprint density at radius 3 is 2.59 bits per heavy atom. The first kappa shape index (κ1) is 19.3. The van der Waals surface area contributed by atoms with Crippen molar-refractivity contribution in [2.75, 3.05) is 13.1 Å². The monoisotopic (exact) mass is 420 g/mol. The van der Waals surface area contributed by atoms with Gasteiger partial charge in [-0.25, -0.2) is 0 Å². The molecule has 0 aliphatic heterocycles. The third kappa shape index (κ3) is 5.14. The first-order chi connectivity index (χ1) is 10.1. The quantitative estimate of drug-likeness (QED) is 0.435. The van der Waals surface area contributed by atoms with Gasteiger partial charge in [0, 0.05) is 30.6 Å². The summed E-state index contributed by atoms with van der Waals surface area (Å²) in [6.07, 6.45) is 5.16. The van der Waals surface area contributed by atoms with Gasteiger partial charge in [-0.15, -0.1) is 24.0 Å². The van der Waals surface area contributed by atoms with Crippen molar-refractivity contribution in [3.8, 4) is 0 Å². The van der Waals surface area contributed by atoms with Crippen molar-refractivity contribution in [1.29, 1.82) is 0 Å². The Morgan fingerprint density at radius 2 is 2.05 bits per heavy atom. The molecule has 1 aliphatic rings. The average Bonchev–Trinajstić information content (AvgIpc) is 3.06. The first-order valence-corrected chi connectivity index (χ1v) is 8.09. The molecule has 22 heavy (non-hydrogen) atoms. The van der Waals surface area contributed by atoms with Crippen molar-refractivity contribution < 1.29 is 4.52 Å². The zero-order valence-corrected chi connectivity index (χ0v) is 16.4. The normalized spacial score (nSPS) is 17.2. The van der Waals surface area contributed by atoms with E-state index in [2.05, 4.69) is 29.6 Å². The minimum Gasteiger partial charge on any atom is -0.361 e. The first-order valence-electron chi connectivity index (χ1n) is 8.09. The van der Waals surface area contributed by atoms with Crippen molar-refractivity contribution in [3.63, 3.8) is 0 Å². The minimum atomic E-state index is 0. The second kappa shape index (κ2) is 9.37. The summed E-state index contributed by atoms with van der Waals surface area (Å²) in [4.78, 5) is 4.74. The van der Waals surface area contributed by atoms with E-state index < -0.39 is 0 Å². The molecule has 0 radical (unpaired) electrons. The highest BCUT2D eigenvalue weighted by molar-refractivity contribution is 14.0. The summed E-state index contributed by atoms with van der Waals surface area (Å²) in [7, 11) is 0. The number of halogens is 1. The largest absolute Gasteiger partial charge is 0.361 e. The van der Waals surface area contributed by atoms with Gasteiger partial charge in [0.15, 0.2) is 5.96 Å². The highest BCUT2D eigenvalue weighted by Gasteiger charge is 2.18. The van der Waals surface area contributed by atoms with Gasteiger partial charge in [0.25, 0.3) is 0 Å². The maximum absolute atomic E-state index is 5.25. The third-order valence-electron chi connectivity index (χ3n) is 4.14. The average molecular weight is 420 g/mol. The molecule has 1 heterocycles. The third-order valence-corrected chi connectivity index (χ3v) is 4.14. The van der Waals surface area contributed by atoms with Crippen LogP contribution < -0.4 is 10.6 Å². The molecule has 1 aliphatic carbocycles. The lowest BCUT2D eigenvalue weighted by molar-refractivity contribution is 0.391. The summed E-state index contributed by atoms with van der Waals surface area (Å²) < 4.78 is 5.25. The Labute approximate surface area is 150 Å². The molecule has 1 aromatic rings. The summed E-state index contributed by atoms with van der Waals surface area (Å²) in [6.45, 7) is 9.87. The lowest BCUT2D eigenvalue weighted by Crippen LogP contribution is -2.42. The van der Waals surface area contributed by atoms with Crippen LogP contribution >= 0.6 is 24.0 Å². The van der Waals surface area contributed by atoms with E-state index in [1.807, 2.05) is 13.8 Å². The molecule has 2 N–H and O–H groups in total. The van der Waals surface area contributed by atoms with Gasteiger partial charge in [-0.1, -0.05) is 24.9 Å². The number of aliphatic imine (C=N–C) groups is 1. The molecule has 1 saturated carbocycles. The van der Waals surface area contributed by atoms with Gasteiger partial charge in [-0.2, -0.15) is 0 Å². The standard InChI is InChI=1S/C16H28N4O.HI/c1-5-17-16(19-14-8-6-7-9-14)18-10-11(2)15-12(3)20-21-13(15)4;/h11,14H,5-10H2,1-4H3,(H2,17,18,19);1H. The number of hydrogen-bond donors (Lipinski definition) is 2. The van der Waals surface area contributed by atoms with Crippen LogP contribution in [0.15, 0.2) is 9.52 Å². The predicted octanol–water partition coefficient (Wildman–Crippen LogP) is 3.51. The molecule has 0 saturated heterocycles. The Morgan fingerprint density at radius 1 is 1.36 bits per heavy atom. The highest BCUT2D eigenvalue weighted by Crippen LogP contribution is 2.23. The van der Waals surface area contributed by atoms with Crippen molar-refractivity contribution in [2.24, 2.45) is 4.99 Å². The zero-order chi connectivity index (χ0) is 15.2. The van der Waals surface area contributed by atoms with Crippen LogP contribution in [0.4, 0.5) is 0 Å². The van der Waals surface area contributed by atoms with E-state index in [9.17, 15) is 0 Å². The lowest BCUT2D eigenvalue weighted by Gasteiger charge is -2.17. The number of nitrogens with zero attached hydrogens (tertiary/aromatic N) is 2. The number of rotatable bonds is 5. The summed E-state index contributed by atoms with van der Waals surface area (Å²) in [5, 5.41) is 10.9. The molecule has 1 aromatic heterocycles. The van der Waals surface area contributed by atoms with Crippen LogP contribution in [0.1, 0.15) is 62.5 Å². The molecule has 1 fully saturated rings. The number of guanidine groups is 1. The van der Waals surface area contributed by atoms with Crippen LogP contribution in [0.25, 0.3) is 0 Å². The molecule has 126 valence electrons. The van der Waals surface area contributed by atoms with Crippen LogP contribution in [0.3, 0.4) is 0 Å². The van der Waals surface area contributed by atoms with Crippen molar-refractivity contribution in [2.45, 2.75) is 65.3 Å². The lowest BCUT2D eigenvalue weighted by atomic mass is 10.00. The van der Waals surface area contributed by atoms with Crippen LogP contribution in [-0.4, -0.2) is 30.2 Å². The van der Waals surface area contributed by atoms with Crippen LogP contribution in [-0.2, 0) is 0 Å². The molecule has 6 heteroatoms. The van der Waals surface area contributed by atoms with Crippen LogP contribution in [0.2, 0.25) is 0 Å². The fourth-order valence-electron chi connectivity index (χ4n) is 3.10. The molecule has 0 amide bonds. The van der Waals surface area contributed by atoms with E-state index in [-0.39, 0.29) is 24.0 Å².